The molecule has 3 aromatic carbocycles. The lowest BCUT2D eigenvalue weighted by Crippen LogP contribution is -2.53. The third-order valence-electron chi connectivity index (χ3n) is 7.37. The van der Waals surface area contributed by atoms with E-state index in [1.54, 1.807) is 0 Å². The molecule has 2 aliphatic rings. The van der Waals surface area contributed by atoms with E-state index in [2.05, 4.69) is 36.4 Å². The first kappa shape index (κ1) is 27.0. The standard InChI is InChI=1S/C33H40O5/c1-5-13-26(14-6-1)22-34-25-31-33(36-24-28-17-9-3-10-18-28)30(35-23-27-15-7-2-8-16-27)21-32(38-31)37-29-19-11-4-12-20-29/h1-3,5-10,13-18,29-33H,4,11-12,19-25H2/t30-,31-,32+,33-/m1/s1. The topological polar surface area (TPSA) is 46.2 Å². The Balaban J connectivity index is 1.30. The number of benzene rings is 3. The fourth-order valence-electron chi connectivity index (χ4n) is 5.32. The Bertz CT molecular complexity index is 1040. The molecule has 5 heteroatoms. The van der Waals surface area contributed by atoms with E-state index in [9.17, 15) is 0 Å². The Morgan fingerprint density at radius 1 is 0.632 bits per heavy atom. The molecule has 1 saturated carbocycles. The third kappa shape index (κ3) is 8.23. The van der Waals surface area contributed by atoms with Crippen molar-refractivity contribution < 1.29 is 23.7 Å². The molecule has 1 heterocycles. The van der Waals surface area contributed by atoms with Gasteiger partial charge in [-0.1, -0.05) is 110 Å². The zero-order chi connectivity index (χ0) is 25.8. The molecule has 1 aliphatic carbocycles. The quantitative estimate of drug-likeness (QED) is 0.264. The van der Waals surface area contributed by atoms with Gasteiger partial charge in [-0.15, -0.1) is 0 Å². The van der Waals surface area contributed by atoms with Crippen molar-refractivity contribution in [1.82, 2.24) is 0 Å². The van der Waals surface area contributed by atoms with E-state index in [1.165, 1.54) is 19.3 Å². The van der Waals surface area contributed by atoms with Crippen LogP contribution in [0.4, 0.5) is 0 Å². The van der Waals surface area contributed by atoms with Gasteiger partial charge in [-0.3, -0.25) is 0 Å². The molecule has 5 nitrogen and oxygen atoms in total. The first-order chi connectivity index (χ1) is 18.8. The van der Waals surface area contributed by atoms with Gasteiger partial charge in [-0.25, -0.2) is 0 Å². The van der Waals surface area contributed by atoms with Crippen LogP contribution in [0.3, 0.4) is 0 Å². The van der Waals surface area contributed by atoms with Gasteiger partial charge in [0.2, 0.25) is 0 Å². The minimum absolute atomic E-state index is 0.174. The summed E-state index contributed by atoms with van der Waals surface area (Å²) in [5, 5.41) is 0. The number of hydrogen-bond donors (Lipinski definition) is 0. The maximum absolute atomic E-state index is 6.56. The van der Waals surface area contributed by atoms with Crippen molar-refractivity contribution in [1.29, 1.82) is 0 Å². The normalized spacial score (nSPS) is 24.3. The van der Waals surface area contributed by atoms with Gasteiger partial charge in [0, 0.05) is 6.42 Å². The minimum atomic E-state index is -0.333. The van der Waals surface area contributed by atoms with Gasteiger partial charge in [0.15, 0.2) is 6.29 Å². The Hall–Kier alpha value is -2.54. The van der Waals surface area contributed by atoms with Crippen LogP contribution in [0.25, 0.3) is 0 Å². The predicted molar refractivity (Wildman–Crippen MR) is 147 cm³/mol. The van der Waals surface area contributed by atoms with Gasteiger partial charge >= 0.3 is 0 Å². The third-order valence-corrected chi connectivity index (χ3v) is 7.37. The molecule has 38 heavy (non-hydrogen) atoms. The van der Waals surface area contributed by atoms with Crippen molar-refractivity contribution in [2.24, 2.45) is 0 Å². The van der Waals surface area contributed by atoms with E-state index in [0.29, 0.717) is 32.8 Å². The average molecular weight is 517 g/mol. The van der Waals surface area contributed by atoms with Crippen LogP contribution in [0.15, 0.2) is 91.0 Å². The van der Waals surface area contributed by atoms with Crippen molar-refractivity contribution in [2.45, 2.75) is 89.1 Å². The lowest BCUT2D eigenvalue weighted by atomic mass is 9.97. The first-order valence-corrected chi connectivity index (χ1v) is 14.1. The van der Waals surface area contributed by atoms with Crippen LogP contribution in [-0.4, -0.2) is 37.3 Å². The molecule has 0 spiro atoms. The Morgan fingerprint density at radius 2 is 1.18 bits per heavy atom. The van der Waals surface area contributed by atoms with Gasteiger partial charge < -0.3 is 23.7 Å². The van der Waals surface area contributed by atoms with Crippen LogP contribution in [0, 0.1) is 0 Å². The van der Waals surface area contributed by atoms with Crippen LogP contribution in [-0.2, 0) is 43.5 Å². The molecule has 0 unspecified atom stereocenters. The van der Waals surface area contributed by atoms with Gasteiger partial charge in [-0.05, 0) is 29.5 Å². The molecule has 3 aromatic rings. The number of hydrogen-bond acceptors (Lipinski definition) is 5. The highest BCUT2D eigenvalue weighted by molar-refractivity contribution is 5.15. The van der Waals surface area contributed by atoms with Crippen molar-refractivity contribution in [3.8, 4) is 0 Å². The molecule has 202 valence electrons. The summed E-state index contributed by atoms with van der Waals surface area (Å²) in [7, 11) is 0. The summed E-state index contributed by atoms with van der Waals surface area (Å²) >= 11 is 0. The van der Waals surface area contributed by atoms with Crippen molar-refractivity contribution in [2.75, 3.05) is 6.61 Å². The SMILES string of the molecule is c1ccc(COC[C@H]2O[C@H](OC3CCCCC3)C[C@@H](OCc3ccccc3)[C@H]2OCc2ccccc2)cc1. The van der Waals surface area contributed by atoms with Crippen LogP contribution in [0.1, 0.15) is 55.2 Å². The minimum Gasteiger partial charge on any atom is -0.374 e. The van der Waals surface area contributed by atoms with Crippen LogP contribution < -0.4 is 0 Å². The summed E-state index contributed by atoms with van der Waals surface area (Å²) in [5.74, 6) is 0. The number of ether oxygens (including phenoxy) is 5. The van der Waals surface area contributed by atoms with E-state index >= 15 is 0 Å². The second-order valence-corrected chi connectivity index (χ2v) is 10.3. The maximum atomic E-state index is 6.56. The van der Waals surface area contributed by atoms with E-state index < -0.39 is 0 Å². The van der Waals surface area contributed by atoms with E-state index in [4.69, 9.17) is 23.7 Å². The van der Waals surface area contributed by atoms with Gasteiger partial charge in [-0.2, -0.15) is 0 Å². The summed E-state index contributed by atoms with van der Waals surface area (Å²) in [6, 6.07) is 30.8. The fourth-order valence-corrected chi connectivity index (χ4v) is 5.32. The summed E-state index contributed by atoms with van der Waals surface area (Å²) in [4.78, 5) is 0. The molecule has 4 atom stereocenters. The molecule has 0 bridgehead atoms. The largest absolute Gasteiger partial charge is 0.374 e. The predicted octanol–water partition coefficient (Wildman–Crippen LogP) is 6.84. The first-order valence-electron chi connectivity index (χ1n) is 14.1. The highest BCUT2D eigenvalue weighted by atomic mass is 16.7. The van der Waals surface area contributed by atoms with E-state index in [0.717, 1.165) is 29.5 Å². The number of rotatable bonds is 12. The molecule has 0 radical (unpaired) electrons. The Kier molecular flexibility index (Phi) is 10.4. The molecular formula is C33H40O5. The second kappa shape index (κ2) is 14.6. The highest BCUT2D eigenvalue weighted by Crippen LogP contribution is 2.31. The lowest BCUT2D eigenvalue weighted by Gasteiger charge is -2.42. The summed E-state index contributed by atoms with van der Waals surface area (Å²) in [5.41, 5.74) is 3.40. The molecule has 0 amide bonds. The molecule has 0 aromatic heterocycles. The molecule has 1 saturated heterocycles. The molecule has 2 fully saturated rings. The van der Waals surface area contributed by atoms with Crippen LogP contribution in [0.5, 0.6) is 0 Å². The van der Waals surface area contributed by atoms with Crippen molar-refractivity contribution in [3.05, 3.63) is 108 Å². The molecule has 5 rings (SSSR count). The summed E-state index contributed by atoms with van der Waals surface area (Å²) in [6.45, 7) is 1.94. The average Bonchev–Trinajstić information content (AvgIpc) is 2.98. The monoisotopic (exact) mass is 516 g/mol. The summed E-state index contributed by atoms with van der Waals surface area (Å²) in [6.07, 6.45) is 5.72. The van der Waals surface area contributed by atoms with Crippen molar-refractivity contribution in [3.63, 3.8) is 0 Å². The Morgan fingerprint density at radius 3 is 1.79 bits per heavy atom. The van der Waals surface area contributed by atoms with E-state index in [-0.39, 0.29) is 30.7 Å². The molecule has 0 N–H and O–H groups in total. The maximum Gasteiger partial charge on any atom is 0.161 e. The summed E-state index contributed by atoms with van der Waals surface area (Å²) < 4.78 is 32.3. The molecular weight excluding hydrogens is 476 g/mol. The lowest BCUT2D eigenvalue weighted by molar-refractivity contribution is -0.289. The molecule has 1 aliphatic heterocycles. The van der Waals surface area contributed by atoms with Gasteiger partial charge in [0.1, 0.15) is 12.2 Å². The Labute approximate surface area is 227 Å². The van der Waals surface area contributed by atoms with Gasteiger partial charge in [0.25, 0.3) is 0 Å². The van der Waals surface area contributed by atoms with Crippen LogP contribution in [0.2, 0.25) is 0 Å². The zero-order valence-electron chi connectivity index (χ0n) is 22.2. The second-order valence-electron chi connectivity index (χ2n) is 10.3. The smallest absolute Gasteiger partial charge is 0.161 e. The van der Waals surface area contributed by atoms with E-state index in [1.807, 2.05) is 54.6 Å². The van der Waals surface area contributed by atoms with Crippen molar-refractivity contribution >= 4 is 0 Å². The fraction of sp³-hybridized carbons (Fsp3) is 0.455. The highest BCUT2D eigenvalue weighted by Gasteiger charge is 2.42. The zero-order valence-corrected chi connectivity index (χ0v) is 22.2. The van der Waals surface area contributed by atoms with Crippen LogP contribution >= 0.6 is 0 Å². The van der Waals surface area contributed by atoms with Gasteiger partial charge in [0.05, 0.1) is 38.6 Å².